The van der Waals surface area contributed by atoms with Crippen molar-refractivity contribution in [3.8, 4) is 0 Å². The molecular weight excluding hydrogens is 196 g/mol. The minimum absolute atomic E-state index is 0.972. The Balaban J connectivity index is 2.12. The summed E-state index contributed by atoms with van der Waals surface area (Å²) in [6, 6.07) is 14.1. The molecule has 0 aliphatic rings. The third-order valence-electron chi connectivity index (χ3n) is 2.33. The monoisotopic (exact) mass is 210 g/mol. The molecule has 0 atom stereocenters. The Hall–Kier alpha value is -2.09. The van der Waals surface area contributed by atoms with Crippen molar-refractivity contribution in [2.24, 2.45) is 0 Å². The number of pyridine rings is 1. The van der Waals surface area contributed by atoms with Gasteiger partial charge < -0.3 is 5.32 Å². The summed E-state index contributed by atoms with van der Waals surface area (Å²) in [4.78, 5) is 4.23. The number of hydrogen-bond donors (Lipinski definition) is 1. The second-order valence-corrected chi connectivity index (χ2v) is 3.46. The molecule has 0 aliphatic heterocycles. The van der Waals surface area contributed by atoms with Crippen LogP contribution in [0.1, 0.15) is 11.3 Å². The van der Waals surface area contributed by atoms with Crippen molar-refractivity contribution < 1.29 is 0 Å². The Morgan fingerprint density at radius 2 is 1.81 bits per heavy atom. The maximum atomic E-state index is 4.23. The lowest BCUT2D eigenvalue weighted by molar-refractivity contribution is 1.30. The summed E-state index contributed by atoms with van der Waals surface area (Å²) in [5.74, 6) is 0. The molecule has 0 unspecified atom stereocenters. The molecular formula is C14H14N2. The van der Waals surface area contributed by atoms with Crippen LogP contribution >= 0.6 is 0 Å². The smallest absolute Gasteiger partial charge is 0.0629 e. The van der Waals surface area contributed by atoms with Gasteiger partial charge in [-0.05, 0) is 35.9 Å². The van der Waals surface area contributed by atoms with Crippen LogP contribution in [0.25, 0.3) is 12.2 Å². The second-order valence-electron chi connectivity index (χ2n) is 3.46. The zero-order valence-corrected chi connectivity index (χ0v) is 9.22. The first-order chi connectivity index (χ1) is 7.88. The van der Waals surface area contributed by atoms with E-state index in [2.05, 4.69) is 40.6 Å². The molecule has 1 aromatic carbocycles. The minimum atomic E-state index is 0.972. The zero-order chi connectivity index (χ0) is 11.2. The van der Waals surface area contributed by atoms with E-state index in [0.29, 0.717) is 0 Å². The number of nitrogens with one attached hydrogen (secondary N) is 1. The third kappa shape index (κ3) is 2.70. The standard InChI is InChI=1S/C14H14N2/c1-15-13-8-5-12(6-9-13)7-10-14-4-2-3-11-16-14/h2-11,15H,1H3/b10-7+. The van der Waals surface area contributed by atoms with E-state index in [4.69, 9.17) is 0 Å². The fraction of sp³-hybridized carbons (Fsp3) is 0.0714. The molecule has 2 rings (SSSR count). The molecule has 0 fully saturated rings. The van der Waals surface area contributed by atoms with Gasteiger partial charge in [0.05, 0.1) is 5.69 Å². The minimum Gasteiger partial charge on any atom is -0.388 e. The van der Waals surface area contributed by atoms with E-state index < -0.39 is 0 Å². The van der Waals surface area contributed by atoms with E-state index in [1.165, 1.54) is 5.56 Å². The molecule has 2 aromatic rings. The van der Waals surface area contributed by atoms with E-state index in [1.54, 1.807) is 6.20 Å². The molecule has 0 saturated heterocycles. The van der Waals surface area contributed by atoms with Gasteiger partial charge in [0.2, 0.25) is 0 Å². The number of anilines is 1. The first kappa shape index (κ1) is 10.4. The van der Waals surface area contributed by atoms with E-state index in [-0.39, 0.29) is 0 Å². The highest BCUT2D eigenvalue weighted by molar-refractivity contribution is 5.68. The first-order valence-corrected chi connectivity index (χ1v) is 5.25. The summed E-state index contributed by atoms with van der Waals surface area (Å²) in [6.07, 6.45) is 5.86. The molecule has 16 heavy (non-hydrogen) atoms. The highest BCUT2D eigenvalue weighted by Crippen LogP contribution is 2.11. The van der Waals surface area contributed by atoms with Gasteiger partial charge in [-0.25, -0.2) is 0 Å². The number of benzene rings is 1. The quantitative estimate of drug-likeness (QED) is 0.840. The largest absolute Gasteiger partial charge is 0.388 e. The van der Waals surface area contributed by atoms with Crippen LogP contribution in [0.15, 0.2) is 48.7 Å². The number of rotatable bonds is 3. The summed E-state index contributed by atoms with van der Waals surface area (Å²) in [6.45, 7) is 0. The average Bonchev–Trinajstić information content (AvgIpc) is 2.38. The SMILES string of the molecule is CNc1ccc(/C=C/c2ccccn2)cc1. The maximum absolute atomic E-state index is 4.23. The van der Waals surface area contributed by atoms with Gasteiger partial charge in [-0.1, -0.05) is 24.3 Å². The van der Waals surface area contributed by atoms with Gasteiger partial charge in [0, 0.05) is 18.9 Å². The molecule has 1 heterocycles. The van der Waals surface area contributed by atoms with E-state index in [0.717, 1.165) is 11.4 Å². The molecule has 0 spiro atoms. The summed E-state index contributed by atoms with van der Waals surface area (Å²) >= 11 is 0. The highest BCUT2D eigenvalue weighted by Gasteiger charge is 1.89. The van der Waals surface area contributed by atoms with Crippen molar-refractivity contribution in [3.63, 3.8) is 0 Å². The third-order valence-corrected chi connectivity index (χ3v) is 2.33. The summed E-state index contributed by atoms with van der Waals surface area (Å²) in [5.41, 5.74) is 3.26. The Labute approximate surface area is 95.7 Å². The number of hydrogen-bond acceptors (Lipinski definition) is 2. The molecule has 0 amide bonds. The van der Waals surface area contributed by atoms with Gasteiger partial charge in [-0.3, -0.25) is 4.98 Å². The Bertz CT molecular complexity index is 458. The molecule has 1 N–H and O–H groups in total. The van der Waals surface area contributed by atoms with Crippen LogP contribution in [0.5, 0.6) is 0 Å². The summed E-state index contributed by atoms with van der Waals surface area (Å²) in [7, 11) is 1.92. The fourth-order valence-electron chi connectivity index (χ4n) is 1.42. The lowest BCUT2D eigenvalue weighted by Gasteiger charge is -1.99. The summed E-state index contributed by atoms with van der Waals surface area (Å²) < 4.78 is 0. The predicted octanol–water partition coefficient (Wildman–Crippen LogP) is 3.29. The fourth-order valence-corrected chi connectivity index (χ4v) is 1.42. The van der Waals surface area contributed by atoms with Crippen LogP contribution in [0.2, 0.25) is 0 Å². The second kappa shape index (κ2) is 5.12. The maximum Gasteiger partial charge on any atom is 0.0629 e. The van der Waals surface area contributed by atoms with E-state index >= 15 is 0 Å². The molecule has 0 aliphatic carbocycles. The molecule has 0 bridgehead atoms. The van der Waals surface area contributed by atoms with Crippen LogP contribution in [-0.2, 0) is 0 Å². The molecule has 2 heteroatoms. The predicted molar refractivity (Wildman–Crippen MR) is 69.2 cm³/mol. The lowest BCUT2D eigenvalue weighted by Crippen LogP contribution is -1.86. The number of nitrogens with zero attached hydrogens (tertiary/aromatic N) is 1. The van der Waals surface area contributed by atoms with Gasteiger partial charge in [-0.15, -0.1) is 0 Å². The first-order valence-electron chi connectivity index (χ1n) is 5.25. The molecule has 0 saturated carbocycles. The Morgan fingerprint density at radius 1 is 1.00 bits per heavy atom. The highest BCUT2D eigenvalue weighted by atomic mass is 14.8. The van der Waals surface area contributed by atoms with Crippen LogP contribution < -0.4 is 5.32 Å². The molecule has 1 aromatic heterocycles. The van der Waals surface area contributed by atoms with Crippen molar-refractivity contribution >= 4 is 17.8 Å². The van der Waals surface area contributed by atoms with E-state index in [9.17, 15) is 0 Å². The Kier molecular flexibility index (Phi) is 3.34. The topological polar surface area (TPSA) is 24.9 Å². The van der Waals surface area contributed by atoms with Gasteiger partial charge in [-0.2, -0.15) is 0 Å². The molecule has 2 nitrogen and oxygen atoms in total. The van der Waals surface area contributed by atoms with Gasteiger partial charge in [0.25, 0.3) is 0 Å². The average molecular weight is 210 g/mol. The van der Waals surface area contributed by atoms with Crippen LogP contribution in [0.3, 0.4) is 0 Å². The zero-order valence-electron chi connectivity index (χ0n) is 9.22. The van der Waals surface area contributed by atoms with Crippen molar-refractivity contribution in [3.05, 3.63) is 59.9 Å². The van der Waals surface area contributed by atoms with Gasteiger partial charge in [0.15, 0.2) is 0 Å². The van der Waals surface area contributed by atoms with Crippen molar-refractivity contribution in [2.45, 2.75) is 0 Å². The van der Waals surface area contributed by atoms with Crippen molar-refractivity contribution in [1.29, 1.82) is 0 Å². The van der Waals surface area contributed by atoms with Gasteiger partial charge in [0.1, 0.15) is 0 Å². The lowest BCUT2D eigenvalue weighted by atomic mass is 10.2. The normalized spacial score (nSPS) is 10.6. The van der Waals surface area contributed by atoms with Crippen LogP contribution in [0.4, 0.5) is 5.69 Å². The van der Waals surface area contributed by atoms with Crippen molar-refractivity contribution in [2.75, 3.05) is 12.4 Å². The number of aromatic nitrogens is 1. The Morgan fingerprint density at radius 3 is 2.44 bits per heavy atom. The summed E-state index contributed by atoms with van der Waals surface area (Å²) in [5, 5.41) is 3.09. The molecule has 80 valence electrons. The van der Waals surface area contributed by atoms with Crippen LogP contribution in [-0.4, -0.2) is 12.0 Å². The molecule has 0 radical (unpaired) electrons. The van der Waals surface area contributed by atoms with Crippen LogP contribution in [0, 0.1) is 0 Å². The van der Waals surface area contributed by atoms with Crippen molar-refractivity contribution in [1.82, 2.24) is 4.98 Å². The van der Waals surface area contributed by atoms with Gasteiger partial charge >= 0.3 is 0 Å². The van der Waals surface area contributed by atoms with E-state index in [1.807, 2.05) is 31.3 Å².